The second-order valence-electron chi connectivity index (χ2n) is 1.40. The molecule has 96 valence electrons. The Labute approximate surface area is 80.9 Å². The van der Waals surface area contributed by atoms with E-state index in [0.717, 1.165) is 0 Å². The van der Waals surface area contributed by atoms with E-state index >= 15 is 0 Å². The van der Waals surface area contributed by atoms with Crippen LogP contribution in [0.2, 0.25) is 0 Å². The first kappa shape index (κ1) is 37.3. The lowest BCUT2D eigenvalue weighted by atomic mass is 10.4. The van der Waals surface area contributed by atoms with Crippen LogP contribution >= 0.6 is 0 Å². The summed E-state index contributed by atoms with van der Waals surface area (Å²) >= 11 is 0. The van der Waals surface area contributed by atoms with Gasteiger partial charge in [0.1, 0.15) is 0 Å². The number of hydrogen-bond donors (Lipinski definition) is 0. The average molecular weight is 248 g/mol. The van der Waals surface area contributed by atoms with Gasteiger partial charge in [-0.05, 0) is 0 Å². The van der Waals surface area contributed by atoms with E-state index in [1.54, 1.807) is 0 Å². The molecule has 0 radical (unpaired) electrons. The first-order valence-corrected chi connectivity index (χ1v) is 2.65. The standard InChI is InChI=1S/C6H6.CHF3.5FH/c1-2-4-6-5-3-1;2-1(3)4;;;;;/h1-6H;1H;5*1H. The quantitative estimate of drug-likeness (QED) is 0.615. The Morgan fingerprint density at radius 1 is 0.467 bits per heavy atom. The predicted octanol–water partition coefficient (Wildman–Crippen LogP) is 3.63. The van der Waals surface area contributed by atoms with Gasteiger partial charge >= 0.3 is 6.68 Å². The highest BCUT2D eigenvalue weighted by Gasteiger charge is 1.86. The van der Waals surface area contributed by atoms with Gasteiger partial charge in [-0.15, -0.1) is 0 Å². The highest BCUT2D eigenvalue weighted by atomic mass is 19.4. The summed E-state index contributed by atoms with van der Waals surface area (Å²) in [4.78, 5) is 0. The Hall–Kier alpha value is -1.34. The maximum atomic E-state index is 9.67. The smallest absolute Gasteiger partial charge is 0.269 e. The molecule has 0 amide bonds. The summed E-state index contributed by atoms with van der Waals surface area (Å²) in [6.45, 7) is -3.67. The first-order valence-electron chi connectivity index (χ1n) is 2.65. The van der Waals surface area contributed by atoms with Crippen LogP contribution in [-0.2, 0) is 0 Å². The lowest BCUT2D eigenvalue weighted by molar-refractivity contribution is 0.00819. The third kappa shape index (κ3) is 66.2. The van der Waals surface area contributed by atoms with Gasteiger partial charge in [0.2, 0.25) is 0 Å². The van der Waals surface area contributed by atoms with E-state index in [2.05, 4.69) is 0 Å². The van der Waals surface area contributed by atoms with Crippen molar-refractivity contribution in [3.8, 4) is 0 Å². The van der Waals surface area contributed by atoms with Gasteiger partial charge < -0.3 is 0 Å². The summed E-state index contributed by atoms with van der Waals surface area (Å²) in [5.74, 6) is 0. The van der Waals surface area contributed by atoms with E-state index in [0.29, 0.717) is 0 Å². The highest BCUT2D eigenvalue weighted by molar-refractivity contribution is 4.99. The van der Waals surface area contributed by atoms with Gasteiger partial charge in [0.15, 0.2) is 0 Å². The normalized spacial score (nSPS) is 5.60. The molecule has 0 spiro atoms. The zero-order valence-corrected chi connectivity index (χ0v) is 7.22. The minimum atomic E-state index is -3.67. The SMILES string of the molecule is F.F.F.F.F.FC(F)F.c1ccccc1. The van der Waals surface area contributed by atoms with Crippen molar-refractivity contribution in [2.24, 2.45) is 0 Å². The number of halogens is 8. The van der Waals surface area contributed by atoms with Gasteiger partial charge in [-0.1, -0.05) is 36.4 Å². The molecule has 15 heavy (non-hydrogen) atoms. The van der Waals surface area contributed by atoms with Gasteiger partial charge in [-0.25, -0.2) is 0 Å². The van der Waals surface area contributed by atoms with Gasteiger partial charge in [0.25, 0.3) is 0 Å². The van der Waals surface area contributed by atoms with E-state index in [1.165, 1.54) is 0 Å². The predicted molar refractivity (Wildman–Crippen MR) is 46.1 cm³/mol. The summed E-state index contributed by atoms with van der Waals surface area (Å²) in [7, 11) is 0. The summed E-state index contributed by atoms with van der Waals surface area (Å²) in [5, 5.41) is 0. The second kappa shape index (κ2) is 29.3. The van der Waals surface area contributed by atoms with Crippen LogP contribution in [0.1, 0.15) is 0 Å². The van der Waals surface area contributed by atoms with Gasteiger partial charge in [-0.2, -0.15) is 13.2 Å². The molecule has 0 unspecified atom stereocenters. The highest BCUT2D eigenvalue weighted by Crippen LogP contribution is 1.87. The maximum Gasteiger partial charge on any atom is 0.379 e. The molecular weight excluding hydrogens is 236 g/mol. The molecule has 0 saturated heterocycles. The number of rotatable bonds is 0. The van der Waals surface area contributed by atoms with E-state index in [1.807, 2.05) is 36.4 Å². The fourth-order valence-electron chi connectivity index (χ4n) is 0.385. The van der Waals surface area contributed by atoms with E-state index in [9.17, 15) is 13.2 Å². The monoisotopic (exact) mass is 248 g/mol. The van der Waals surface area contributed by atoms with Crippen molar-refractivity contribution in [2.75, 3.05) is 0 Å². The van der Waals surface area contributed by atoms with Crippen LogP contribution in [0.15, 0.2) is 36.4 Å². The Balaban J connectivity index is -0.0000000211. The van der Waals surface area contributed by atoms with E-state index in [-0.39, 0.29) is 23.5 Å². The van der Waals surface area contributed by atoms with Crippen molar-refractivity contribution >= 4 is 0 Å². The van der Waals surface area contributed by atoms with Crippen LogP contribution in [0.5, 0.6) is 0 Å². The molecule has 0 heterocycles. The molecule has 0 N–H and O–H groups in total. The van der Waals surface area contributed by atoms with Crippen molar-refractivity contribution in [3.05, 3.63) is 36.4 Å². The fraction of sp³-hybridized carbons (Fsp3) is 0.143. The Kier molecular flexibility index (Phi) is 73.0. The molecule has 1 rings (SSSR count). The van der Waals surface area contributed by atoms with Crippen LogP contribution in [0.4, 0.5) is 36.7 Å². The second-order valence-corrected chi connectivity index (χ2v) is 1.40. The minimum Gasteiger partial charge on any atom is -0.269 e. The van der Waals surface area contributed by atoms with E-state index in [4.69, 9.17) is 0 Å². The van der Waals surface area contributed by atoms with Gasteiger partial charge in [0.05, 0.1) is 0 Å². The van der Waals surface area contributed by atoms with Crippen LogP contribution in [0.3, 0.4) is 0 Å². The zero-order valence-electron chi connectivity index (χ0n) is 7.22. The van der Waals surface area contributed by atoms with Crippen molar-refractivity contribution in [3.63, 3.8) is 0 Å². The Morgan fingerprint density at radius 3 is 0.600 bits per heavy atom. The Morgan fingerprint density at radius 2 is 0.533 bits per heavy atom. The largest absolute Gasteiger partial charge is 0.379 e. The molecule has 0 aliphatic rings. The molecule has 1 aromatic rings. The lowest BCUT2D eigenvalue weighted by Gasteiger charge is -1.69. The van der Waals surface area contributed by atoms with Crippen LogP contribution in [0, 0.1) is 0 Å². The molecule has 8 heteroatoms. The van der Waals surface area contributed by atoms with Crippen LogP contribution < -0.4 is 0 Å². The third-order valence-electron chi connectivity index (χ3n) is 0.667. The number of hydrogen-bond acceptors (Lipinski definition) is 0. The molecular formula is C7H12F8. The van der Waals surface area contributed by atoms with Crippen molar-refractivity contribution in [2.45, 2.75) is 6.68 Å². The van der Waals surface area contributed by atoms with Crippen LogP contribution in [-0.4, -0.2) is 6.68 Å². The van der Waals surface area contributed by atoms with Gasteiger partial charge in [-0.3, -0.25) is 23.5 Å². The summed E-state index contributed by atoms with van der Waals surface area (Å²) in [6, 6.07) is 12.0. The summed E-state index contributed by atoms with van der Waals surface area (Å²) in [5.41, 5.74) is 0. The number of benzene rings is 1. The van der Waals surface area contributed by atoms with Gasteiger partial charge in [0, 0.05) is 0 Å². The summed E-state index contributed by atoms with van der Waals surface area (Å²) in [6.07, 6.45) is 0. The first-order chi connectivity index (χ1) is 4.73. The van der Waals surface area contributed by atoms with Crippen molar-refractivity contribution < 1.29 is 36.7 Å². The molecule has 0 nitrogen and oxygen atoms in total. The molecule has 0 aromatic heterocycles. The molecule has 0 saturated carbocycles. The molecule has 0 bridgehead atoms. The Bertz CT molecular complexity index is 115. The average Bonchev–Trinajstić information content (AvgIpc) is 1.90. The zero-order chi connectivity index (χ0) is 7.82. The molecule has 0 aliphatic carbocycles. The van der Waals surface area contributed by atoms with Crippen molar-refractivity contribution in [1.29, 1.82) is 0 Å². The minimum absolute atomic E-state index is 0. The molecule has 0 fully saturated rings. The third-order valence-corrected chi connectivity index (χ3v) is 0.667. The number of alkyl halides is 3. The molecule has 0 atom stereocenters. The van der Waals surface area contributed by atoms with Crippen LogP contribution in [0.25, 0.3) is 0 Å². The lowest BCUT2D eigenvalue weighted by Crippen LogP contribution is -1.65. The van der Waals surface area contributed by atoms with Crippen molar-refractivity contribution in [1.82, 2.24) is 0 Å². The summed E-state index contributed by atoms with van der Waals surface area (Å²) < 4.78 is 29.0. The molecule has 0 aliphatic heterocycles. The van der Waals surface area contributed by atoms with E-state index < -0.39 is 6.68 Å². The molecule has 1 aromatic carbocycles. The fourth-order valence-corrected chi connectivity index (χ4v) is 0.385. The maximum absolute atomic E-state index is 9.67. The topological polar surface area (TPSA) is 0 Å².